The number of nitrogens with one attached hydrogen (secondary N) is 1. The molecule has 2 heterocycles. The average molecular weight is 477 g/mol. The lowest BCUT2D eigenvalue weighted by Gasteiger charge is -2.19. The maximum atomic E-state index is 11.9. The van der Waals surface area contributed by atoms with Gasteiger partial charge in [-0.3, -0.25) is 9.59 Å². The predicted octanol–water partition coefficient (Wildman–Crippen LogP) is 3.90. The van der Waals surface area contributed by atoms with Crippen LogP contribution in [-0.2, 0) is 4.79 Å². The molecule has 0 bridgehead atoms. The summed E-state index contributed by atoms with van der Waals surface area (Å²) in [7, 11) is 0. The van der Waals surface area contributed by atoms with Gasteiger partial charge in [-0.05, 0) is 60.4 Å². The molecule has 34 heavy (non-hydrogen) atoms. The van der Waals surface area contributed by atoms with E-state index in [1.54, 1.807) is 36.4 Å². The molecule has 174 valence electrons. The third kappa shape index (κ3) is 5.87. The number of nitrogens with zero attached hydrogens (tertiary/aromatic N) is 2. The van der Waals surface area contributed by atoms with E-state index in [0.717, 1.165) is 12.2 Å². The third-order valence-electron chi connectivity index (χ3n) is 5.21. The molecule has 0 saturated carbocycles. The Bertz CT molecular complexity index is 1190. The Labute approximate surface area is 202 Å². The summed E-state index contributed by atoms with van der Waals surface area (Å²) in [5, 5.41) is 4.32. The monoisotopic (exact) mass is 476 g/mol. The Morgan fingerprint density at radius 1 is 1.00 bits per heavy atom. The van der Waals surface area contributed by atoms with Crippen molar-refractivity contribution in [2.24, 2.45) is 5.73 Å². The zero-order valence-electron chi connectivity index (χ0n) is 18.3. The molecular weight excluding hydrogens is 452 g/mol. The molecule has 1 aliphatic rings. The number of pyridine rings is 1. The Morgan fingerprint density at radius 2 is 1.68 bits per heavy atom. The van der Waals surface area contributed by atoms with Gasteiger partial charge in [0, 0.05) is 25.2 Å². The lowest BCUT2D eigenvalue weighted by Crippen LogP contribution is -2.36. The van der Waals surface area contributed by atoms with E-state index in [9.17, 15) is 9.59 Å². The van der Waals surface area contributed by atoms with E-state index in [-0.39, 0.29) is 23.4 Å². The molecule has 1 atom stereocenters. The fraction of sp³-hybridized carbons (Fsp3) is 0.160. The number of rotatable bonds is 8. The second-order valence-electron chi connectivity index (χ2n) is 7.63. The number of para-hydroxylation sites is 1. The highest BCUT2D eigenvalue weighted by Gasteiger charge is 2.25. The van der Waals surface area contributed by atoms with Gasteiger partial charge in [0.15, 0.2) is 0 Å². The minimum Gasteiger partial charge on any atom is -0.457 e. The number of anilines is 1. The van der Waals surface area contributed by atoms with E-state index < -0.39 is 5.91 Å². The summed E-state index contributed by atoms with van der Waals surface area (Å²) in [4.78, 5) is 30.3. The van der Waals surface area contributed by atoms with Crippen LogP contribution in [0.1, 0.15) is 16.8 Å². The number of benzene rings is 2. The minimum absolute atomic E-state index is 0.0174. The highest BCUT2D eigenvalue weighted by Crippen LogP contribution is 2.30. The van der Waals surface area contributed by atoms with Crippen molar-refractivity contribution in [3.8, 4) is 23.1 Å². The normalized spacial score (nSPS) is 15.3. The van der Waals surface area contributed by atoms with Crippen LogP contribution >= 0.6 is 12.6 Å². The number of thiol groups is 1. The molecule has 3 N–H and O–H groups in total. The number of aromatic nitrogens is 1. The number of carbonyl (C=O) groups excluding carboxylic acids is 2. The van der Waals surface area contributed by atoms with Crippen LogP contribution in [0.25, 0.3) is 0 Å². The van der Waals surface area contributed by atoms with Gasteiger partial charge in [0.2, 0.25) is 11.8 Å². The van der Waals surface area contributed by atoms with Crippen LogP contribution in [0.3, 0.4) is 0 Å². The topological polar surface area (TPSA) is 107 Å². The molecule has 1 aromatic heterocycles. The molecule has 1 fully saturated rings. The van der Waals surface area contributed by atoms with Crippen LogP contribution in [0.15, 0.2) is 78.2 Å². The van der Waals surface area contributed by atoms with Crippen molar-refractivity contribution in [1.29, 1.82) is 0 Å². The van der Waals surface area contributed by atoms with Gasteiger partial charge in [0.05, 0.1) is 0 Å². The Kier molecular flexibility index (Phi) is 7.34. The van der Waals surface area contributed by atoms with Gasteiger partial charge in [-0.1, -0.05) is 18.2 Å². The van der Waals surface area contributed by atoms with Crippen molar-refractivity contribution < 1.29 is 19.1 Å². The Morgan fingerprint density at radius 3 is 2.35 bits per heavy atom. The van der Waals surface area contributed by atoms with E-state index >= 15 is 0 Å². The van der Waals surface area contributed by atoms with Gasteiger partial charge in [-0.2, -0.15) is 17.6 Å². The van der Waals surface area contributed by atoms with Crippen LogP contribution < -0.4 is 25.4 Å². The molecule has 1 saturated heterocycles. The molecular formula is C25H24N4O4S. The smallest absolute Gasteiger partial charge is 0.254 e. The number of carbonyl (C=O) groups is 2. The SMILES string of the molecule is NC(=O)c1ccc(N2CC[C@H](NC(=O)/C=C\S)C2)nc1Oc1ccc(Oc2ccccc2)cc1. The summed E-state index contributed by atoms with van der Waals surface area (Å²) >= 11 is 3.92. The van der Waals surface area contributed by atoms with Crippen LogP contribution in [0.4, 0.5) is 5.82 Å². The summed E-state index contributed by atoms with van der Waals surface area (Å²) in [5.74, 6) is 1.78. The van der Waals surface area contributed by atoms with Crippen LogP contribution in [0.5, 0.6) is 23.1 Å². The molecule has 9 heteroatoms. The number of amides is 2. The van der Waals surface area contributed by atoms with E-state index in [1.165, 1.54) is 11.5 Å². The van der Waals surface area contributed by atoms with Gasteiger partial charge in [-0.15, -0.1) is 0 Å². The fourth-order valence-corrected chi connectivity index (χ4v) is 3.72. The standard InChI is InChI=1S/C25H24N4O4S/c26-24(31)21-10-11-22(29-14-12-17(16-29)27-23(30)13-15-34)28-25(21)33-20-8-6-19(7-9-20)32-18-4-2-1-3-5-18/h1-11,13,15,17,34H,12,14,16H2,(H2,26,31)(H,27,30)/b15-13-/t17-/m0/s1. The number of nitrogens with two attached hydrogens (primary N) is 1. The first kappa shape index (κ1) is 23.2. The zero-order chi connectivity index (χ0) is 23.9. The summed E-state index contributed by atoms with van der Waals surface area (Å²) in [6, 6.07) is 19.7. The molecule has 8 nitrogen and oxygen atoms in total. The second-order valence-corrected chi connectivity index (χ2v) is 7.93. The summed E-state index contributed by atoms with van der Waals surface area (Å²) in [6.45, 7) is 1.28. The van der Waals surface area contributed by atoms with E-state index in [0.29, 0.717) is 30.4 Å². The lowest BCUT2D eigenvalue weighted by atomic mass is 10.2. The number of hydrogen-bond acceptors (Lipinski definition) is 7. The van der Waals surface area contributed by atoms with Crippen LogP contribution in [0, 0.1) is 0 Å². The molecule has 0 unspecified atom stereocenters. The first-order chi connectivity index (χ1) is 16.5. The number of ether oxygens (including phenoxy) is 2. The quantitative estimate of drug-likeness (QED) is 0.336. The largest absolute Gasteiger partial charge is 0.457 e. The van der Waals surface area contributed by atoms with Crippen molar-refractivity contribution in [1.82, 2.24) is 10.3 Å². The fourth-order valence-electron chi connectivity index (χ4n) is 3.59. The highest BCUT2D eigenvalue weighted by molar-refractivity contribution is 7.83. The third-order valence-corrected chi connectivity index (χ3v) is 5.36. The van der Waals surface area contributed by atoms with Gasteiger partial charge in [0.1, 0.15) is 28.6 Å². The molecule has 1 aliphatic heterocycles. The van der Waals surface area contributed by atoms with Crippen molar-refractivity contribution >= 4 is 30.3 Å². The minimum atomic E-state index is -0.636. The molecule has 2 aromatic carbocycles. The predicted molar refractivity (Wildman–Crippen MR) is 133 cm³/mol. The van der Waals surface area contributed by atoms with Crippen molar-refractivity contribution in [2.75, 3.05) is 18.0 Å². The molecule has 0 radical (unpaired) electrons. The molecule has 4 rings (SSSR count). The van der Waals surface area contributed by atoms with Crippen LogP contribution in [-0.4, -0.2) is 35.9 Å². The maximum Gasteiger partial charge on any atom is 0.254 e. The zero-order valence-corrected chi connectivity index (χ0v) is 19.2. The van der Waals surface area contributed by atoms with Gasteiger partial charge in [-0.25, -0.2) is 0 Å². The van der Waals surface area contributed by atoms with E-state index in [1.807, 2.05) is 35.2 Å². The van der Waals surface area contributed by atoms with E-state index in [2.05, 4.69) is 22.9 Å². The maximum absolute atomic E-state index is 11.9. The van der Waals surface area contributed by atoms with Crippen LogP contribution in [0.2, 0.25) is 0 Å². The van der Waals surface area contributed by atoms with E-state index in [4.69, 9.17) is 15.2 Å². The average Bonchev–Trinajstić information content (AvgIpc) is 3.29. The lowest BCUT2D eigenvalue weighted by molar-refractivity contribution is -0.117. The summed E-state index contributed by atoms with van der Waals surface area (Å²) in [5.41, 5.74) is 5.71. The van der Waals surface area contributed by atoms with Gasteiger partial charge in [0.25, 0.3) is 5.91 Å². The first-order valence-electron chi connectivity index (χ1n) is 10.7. The summed E-state index contributed by atoms with van der Waals surface area (Å²) < 4.78 is 11.7. The Hall–Kier alpha value is -3.98. The van der Waals surface area contributed by atoms with Crippen molar-refractivity contribution in [2.45, 2.75) is 12.5 Å². The number of primary amides is 1. The molecule has 2 amide bonds. The highest BCUT2D eigenvalue weighted by atomic mass is 32.1. The molecule has 0 spiro atoms. The van der Waals surface area contributed by atoms with Crippen molar-refractivity contribution in [3.63, 3.8) is 0 Å². The van der Waals surface area contributed by atoms with Gasteiger partial charge < -0.3 is 25.4 Å². The summed E-state index contributed by atoms with van der Waals surface area (Å²) in [6.07, 6.45) is 2.14. The Balaban J connectivity index is 1.47. The van der Waals surface area contributed by atoms with Crippen molar-refractivity contribution in [3.05, 3.63) is 83.8 Å². The second kappa shape index (κ2) is 10.8. The number of hydrogen-bond donors (Lipinski definition) is 3. The van der Waals surface area contributed by atoms with Gasteiger partial charge >= 0.3 is 0 Å². The molecule has 0 aliphatic carbocycles. The molecule has 3 aromatic rings. The first-order valence-corrected chi connectivity index (χ1v) is 11.2.